The van der Waals surface area contributed by atoms with Gasteiger partial charge in [0, 0.05) is 4.90 Å². The lowest BCUT2D eigenvalue weighted by atomic mass is 10.1. The molecule has 1 rings (SSSR count). The zero-order valence-electron chi connectivity index (χ0n) is 7.35. The molecule has 0 saturated carbocycles. The Hall–Kier alpha value is -0.430. The quantitative estimate of drug-likeness (QED) is 0.608. The van der Waals surface area contributed by atoms with Crippen molar-refractivity contribution in [1.29, 1.82) is 0 Å². The normalized spacial score (nSPS) is 10.1. The van der Waals surface area contributed by atoms with Crippen molar-refractivity contribution in [3.8, 4) is 0 Å². The van der Waals surface area contributed by atoms with E-state index in [1.54, 1.807) is 0 Å². The minimum atomic E-state index is 1.13. The highest BCUT2D eigenvalue weighted by molar-refractivity contribution is 7.98. The molecular formula is C10H14S. The van der Waals surface area contributed by atoms with Crippen LogP contribution in [0.3, 0.4) is 0 Å². The van der Waals surface area contributed by atoms with E-state index in [-0.39, 0.29) is 0 Å². The minimum Gasteiger partial charge on any atom is -0.129 e. The molecule has 0 nitrogen and oxygen atoms in total. The van der Waals surface area contributed by atoms with Crippen molar-refractivity contribution in [3.63, 3.8) is 0 Å². The highest BCUT2D eigenvalue weighted by Crippen LogP contribution is 2.20. The highest BCUT2D eigenvalue weighted by Gasteiger charge is 1.96. The highest BCUT2D eigenvalue weighted by atomic mass is 32.2. The number of hydrogen-bond donors (Lipinski definition) is 0. The van der Waals surface area contributed by atoms with Crippen molar-refractivity contribution >= 4 is 11.8 Å². The Labute approximate surface area is 73.0 Å². The summed E-state index contributed by atoms with van der Waals surface area (Å²) in [7, 11) is 0. The molecule has 0 fully saturated rings. The molecule has 0 amide bonds. The van der Waals surface area contributed by atoms with Gasteiger partial charge in [-0.1, -0.05) is 19.1 Å². The van der Waals surface area contributed by atoms with Gasteiger partial charge in [-0.05, 0) is 36.8 Å². The van der Waals surface area contributed by atoms with Crippen LogP contribution in [0.1, 0.15) is 18.1 Å². The number of thioether (sulfide) groups is 1. The molecule has 60 valence electrons. The maximum Gasteiger partial charge on any atom is 0.00985 e. The molecule has 1 heteroatoms. The van der Waals surface area contributed by atoms with Crippen LogP contribution < -0.4 is 0 Å². The zero-order chi connectivity index (χ0) is 8.27. The fourth-order valence-corrected chi connectivity index (χ4v) is 1.75. The Kier molecular flexibility index (Phi) is 3.01. The lowest BCUT2D eigenvalue weighted by Crippen LogP contribution is -1.83. The molecule has 0 saturated heterocycles. The number of aryl methyl sites for hydroxylation is 2. The van der Waals surface area contributed by atoms with Crippen LogP contribution in [-0.2, 0) is 6.42 Å². The molecule has 0 aromatic heterocycles. The molecular weight excluding hydrogens is 152 g/mol. The number of rotatable bonds is 2. The van der Waals surface area contributed by atoms with E-state index in [0.717, 1.165) is 6.42 Å². The molecule has 0 aliphatic carbocycles. The van der Waals surface area contributed by atoms with Crippen LogP contribution in [0.2, 0.25) is 0 Å². The summed E-state index contributed by atoms with van der Waals surface area (Å²) in [6.07, 6.45) is 3.25. The lowest BCUT2D eigenvalue weighted by molar-refractivity contribution is 1.11. The predicted molar refractivity (Wildman–Crippen MR) is 52.3 cm³/mol. The largest absolute Gasteiger partial charge is 0.129 e. The molecule has 0 unspecified atom stereocenters. The van der Waals surface area contributed by atoms with Gasteiger partial charge in [0.25, 0.3) is 0 Å². The van der Waals surface area contributed by atoms with E-state index in [2.05, 4.69) is 38.3 Å². The van der Waals surface area contributed by atoms with Gasteiger partial charge < -0.3 is 0 Å². The third-order valence-corrected chi connectivity index (χ3v) is 2.77. The summed E-state index contributed by atoms with van der Waals surface area (Å²) < 4.78 is 0. The molecule has 0 radical (unpaired) electrons. The molecule has 0 N–H and O–H groups in total. The summed E-state index contributed by atoms with van der Waals surface area (Å²) >= 11 is 1.81. The molecule has 0 aliphatic rings. The second-order valence-electron chi connectivity index (χ2n) is 2.66. The molecule has 1 aromatic rings. The first-order valence-electron chi connectivity index (χ1n) is 3.91. The smallest absolute Gasteiger partial charge is 0.00985 e. The first-order valence-corrected chi connectivity index (χ1v) is 5.14. The Morgan fingerprint density at radius 3 is 2.55 bits per heavy atom. The second kappa shape index (κ2) is 3.82. The molecule has 0 heterocycles. The summed E-state index contributed by atoms with van der Waals surface area (Å²) in [5, 5.41) is 0. The topological polar surface area (TPSA) is 0 Å². The van der Waals surface area contributed by atoms with Gasteiger partial charge in [-0.25, -0.2) is 0 Å². The van der Waals surface area contributed by atoms with Gasteiger partial charge in [-0.2, -0.15) is 0 Å². The van der Waals surface area contributed by atoms with Gasteiger partial charge in [0.05, 0.1) is 0 Å². The Morgan fingerprint density at radius 1 is 1.36 bits per heavy atom. The van der Waals surface area contributed by atoms with E-state index >= 15 is 0 Å². The van der Waals surface area contributed by atoms with E-state index in [0.29, 0.717) is 0 Å². The Bertz CT molecular complexity index is 241. The van der Waals surface area contributed by atoms with Gasteiger partial charge >= 0.3 is 0 Å². The third-order valence-electron chi connectivity index (χ3n) is 1.87. The van der Waals surface area contributed by atoms with Gasteiger partial charge in [-0.15, -0.1) is 11.8 Å². The van der Waals surface area contributed by atoms with Crippen molar-refractivity contribution in [2.24, 2.45) is 0 Å². The van der Waals surface area contributed by atoms with E-state index in [4.69, 9.17) is 0 Å². The molecule has 0 spiro atoms. The van der Waals surface area contributed by atoms with Crippen molar-refractivity contribution in [1.82, 2.24) is 0 Å². The zero-order valence-corrected chi connectivity index (χ0v) is 8.16. The monoisotopic (exact) mass is 166 g/mol. The van der Waals surface area contributed by atoms with E-state index < -0.39 is 0 Å². The van der Waals surface area contributed by atoms with Crippen LogP contribution in [-0.4, -0.2) is 6.26 Å². The number of hydrogen-bond acceptors (Lipinski definition) is 1. The van der Waals surface area contributed by atoms with Gasteiger partial charge in [0.15, 0.2) is 0 Å². The Balaban J connectivity index is 2.99. The van der Waals surface area contributed by atoms with Crippen LogP contribution in [0.15, 0.2) is 23.1 Å². The van der Waals surface area contributed by atoms with Gasteiger partial charge in [0.1, 0.15) is 0 Å². The molecule has 0 aliphatic heterocycles. The van der Waals surface area contributed by atoms with Crippen molar-refractivity contribution in [2.75, 3.05) is 6.26 Å². The van der Waals surface area contributed by atoms with Crippen LogP contribution in [0.4, 0.5) is 0 Å². The van der Waals surface area contributed by atoms with Crippen molar-refractivity contribution < 1.29 is 0 Å². The summed E-state index contributed by atoms with van der Waals surface area (Å²) in [6.45, 7) is 4.36. The van der Waals surface area contributed by atoms with E-state index in [1.165, 1.54) is 16.0 Å². The van der Waals surface area contributed by atoms with Crippen LogP contribution in [0, 0.1) is 6.92 Å². The number of benzene rings is 1. The summed E-state index contributed by atoms with van der Waals surface area (Å²) in [6, 6.07) is 6.68. The van der Waals surface area contributed by atoms with Gasteiger partial charge in [-0.3, -0.25) is 0 Å². The van der Waals surface area contributed by atoms with Crippen molar-refractivity contribution in [2.45, 2.75) is 25.2 Å². The SMILES string of the molecule is CCc1ccc(SC)c(C)c1. The van der Waals surface area contributed by atoms with Gasteiger partial charge in [0.2, 0.25) is 0 Å². The van der Waals surface area contributed by atoms with Crippen LogP contribution in [0.5, 0.6) is 0 Å². The van der Waals surface area contributed by atoms with Crippen LogP contribution >= 0.6 is 11.8 Å². The molecule has 0 atom stereocenters. The van der Waals surface area contributed by atoms with Crippen molar-refractivity contribution in [3.05, 3.63) is 29.3 Å². The lowest BCUT2D eigenvalue weighted by Gasteiger charge is -2.03. The minimum absolute atomic E-state index is 1.13. The van der Waals surface area contributed by atoms with E-state index in [9.17, 15) is 0 Å². The fourth-order valence-electron chi connectivity index (χ4n) is 1.16. The van der Waals surface area contributed by atoms with Crippen LogP contribution in [0.25, 0.3) is 0 Å². The fraction of sp³-hybridized carbons (Fsp3) is 0.400. The Morgan fingerprint density at radius 2 is 2.09 bits per heavy atom. The summed E-state index contributed by atoms with van der Waals surface area (Å²) in [4.78, 5) is 1.39. The maximum absolute atomic E-state index is 2.27. The first-order chi connectivity index (χ1) is 5.27. The third kappa shape index (κ3) is 2.00. The summed E-state index contributed by atoms with van der Waals surface area (Å²) in [5.41, 5.74) is 2.83. The average molecular weight is 166 g/mol. The molecule has 0 bridgehead atoms. The van der Waals surface area contributed by atoms with E-state index in [1.807, 2.05) is 11.8 Å². The summed E-state index contributed by atoms with van der Waals surface area (Å²) in [5.74, 6) is 0. The average Bonchev–Trinajstić information content (AvgIpc) is 2.04. The standard InChI is InChI=1S/C10H14S/c1-4-9-5-6-10(11-3)8(2)7-9/h5-7H,4H2,1-3H3. The first kappa shape index (κ1) is 8.66. The second-order valence-corrected chi connectivity index (χ2v) is 3.51. The predicted octanol–water partition coefficient (Wildman–Crippen LogP) is 3.28. The maximum atomic E-state index is 2.27. The molecule has 11 heavy (non-hydrogen) atoms. The molecule has 1 aromatic carbocycles.